The van der Waals surface area contributed by atoms with E-state index in [1.165, 1.54) is 92.6 Å². The Morgan fingerprint density at radius 1 is 0.429 bits per heavy atom. The maximum absolute atomic E-state index is 5.55. The van der Waals surface area contributed by atoms with E-state index in [1.807, 2.05) is 0 Å². The molecule has 0 aliphatic heterocycles. The Bertz CT molecular complexity index is 2390. The summed E-state index contributed by atoms with van der Waals surface area (Å²) < 4.78 is 2.62. The van der Waals surface area contributed by atoms with E-state index < -0.39 is 0 Å². The molecular formula is C47H38N2. The molecule has 9 rings (SSSR count). The highest BCUT2D eigenvalue weighted by Gasteiger charge is 2.25. The van der Waals surface area contributed by atoms with Gasteiger partial charge in [0.25, 0.3) is 0 Å². The van der Waals surface area contributed by atoms with Crippen LogP contribution in [0.4, 0.5) is 0 Å². The van der Waals surface area contributed by atoms with Gasteiger partial charge in [-0.05, 0) is 57.0 Å². The van der Waals surface area contributed by atoms with Crippen molar-refractivity contribution in [3.05, 3.63) is 186 Å². The van der Waals surface area contributed by atoms with Crippen molar-refractivity contribution in [2.45, 2.75) is 38.1 Å². The van der Waals surface area contributed by atoms with Gasteiger partial charge in [0.15, 0.2) is 0 Å². The van der Waals surface area contributed by atoms with Crippen molar-refractivity contribution in [3.8, 4) is 11.4 Å². The number of fused-ring (bicyclic) bond motifs is 6. The van der Waals surface area contributed by atoms with Gasteiger partial charge in [0.05, 0.1) is 11.0 Å². The van der Waals surface area contributed by atoms with E-state index in [0.717, 1.165) is 16.9 Å². The van der Waals surface area contributed by atoms with Crippen molar-refractivity contribution in [3.63, 3.8) is 0 Å². The molecule has 0 bridgehead atoms. The van der Waals surface area contributed by atoms with Crippen LogP contribution in [0.5, 0.6) is 0 Å². The Hall–Kier alpha value is -5.73. The Labute approximate surface area is 288 Å². The summed E-state index contributed by atoms with van der Waals surface area (Å²) >= 11 is 0. The normalized spacial score (nSPS) is 13.6. The lowest BCUT2D eigenvalue weighted by Crippen LogP contribution is -2.14. The van der Waals surface area contributed by atoms with Gasteiger partial charge in [-0.15, -0.1) is 0 Å². The standard InChI is InChI=1S/C47H38N2/c1-5-17-33(18-6-1)43(34-19-7-2-8-20-34)44(35-21-9-3-10-22-35)36-29-31-37(32-30-36)47-48-45-41-27-15-13-25-39(41)40-26-14-16-28-42(40)46(45)49(47)38-23-11-4-12-24-38/h1-3,5-10,13-22,25-32,38H,4,11-12,23-24H2. The van der Waals surface area contributed by atoms with Crippen LogP contribution in [0.1, 0.15) is 60.4 Å². The Morgan fingerprint density at radius 3 is 1.39 bits per heavy atom. The van der Waals surface area contributed by atoms with Crippen LogP contribution in [-0.4, -0.2) is 9.55 Å². The zero-order chi connectivity index (χ0) is 32.6. The van der Waals surface area contributed by atoms with E-state index in [9.17, 15) is 0 Å². The summed E-state index contributed by atoms with van der Waals surface area (Å²) in [6.45, 7) is 0. The second-order valence-corrected chi connectivity index (χ2v) is 13.3. The molecule has 1 fully saturated rings. The quantitative estimate of drug-likeness (QED) is 0.132. The number of rotatable bonds is 6. The van der Waals surface area contributed by atoms with Gasteiger partial charge in [-0.2, -0.15) is 0 Å². The zero-order valence-electron chi connectivity index (χ0n) is 27.6. The smallest absolute Gasteiger partial charge is 0.141 e. The predicted molar refractivity (Wildman–Crippen MR) is 207 cm³/mol. The Kier molecular flexibility index (Phi) is 7.63. The molecule has 0 N–H and O–H groups in total. The Morgan fingerprint density at radius 2 is 0.857 bits per heavy atom. The first-order valence-electron chi connectivity index (χ1n) is 17.7. The van der Waals surface area contributed by atoms with Crippen molar-refractivity contribution >= 4 is 43.7 Å². The third kappa shape index (κ3) is 5.25. The minimum Gasteiger partial charge on any atom is -0.320 e. The van der Waals surface area contributed by atoms with Crippen LogP contribution in [-0.2, 0) is 0 Å². The molecule has 1 aliphatic rings. The number of imidazole rings is 1. The van der Waals surface area contributed by atoms with E-state index in [1.54, 1.807) is 0 Å². The van der Waals surface area contributed by atoms with E-state index in [0.29, 0.717) is 6.04 Å². The highest BCUT2D eigenvalue weighted by Crippen LogP contribution is 2.43. The topological polar surface area (TPSA) is 17.8 Å². The minimum absolute atomic E-state index is 0.431. The van der Waals surface area contributed by atoms with Gasteiger partial charge in [0, 0.05) is 22.4 Å². The fourth-order valence-corrected chi connectivity index (χ4v) is 8.14. The summed E-state index contributed by atoms with van der Waals surface area (Å²) in [6.07, 6.45) is 6.23. The van der Waals surface area contributed by atoms with Crippen LogP contribution in [0.3, 0.4) is 0 Å². The molecule has 7 aromatic carbocycles. The van der Waals surface area contributed by atoms with Crippen molar-refractivity contribution in [2.24, 2.45) is 0 Å². The predicted octanol–water partition coefficient (Wildman–Crippen LogP) is 12.5. The summed E-state index contributed by atoms with van der Waals surface area (Å²) in [4.78, 5) is 5.55. The van der Waals surface area contributed by atoms with E-state index in [2.05, 4.69) is 168 Å². The molecule has 0 saturated heterocycles. The second kappa shape index (κ2) is 12.7. The summed E-state index contributed by atoms with van der Waals surface area (Å²) in [7, 11) is 0. The van der Waals surface area contributed by atoms with Crippen molar-refractivity contribution in [1.29, 1.82) is 0 Å². The maximum Gasteiger partial charge on any atom is 0.141 e. The maximum atomic E-state index is 5.55. The van der Waals surface area contributed by atoms with Crippen LogP contribution >= 0.6 is 0 Å². The van der Waals surface area contributed by atoms with E-state index in [4.69, 9.17) is 4.98 Å². The summed E-state index contributed by atoms with van der Waals surface area (Å²) in [5, 5.41) is 5.10. The second-order valence-electron chi connectivity index (χ2n) is 13.3. The van der Waals surface area contributed by atoms with Gasteiger partial charge in [-0.25, -0.2) is 4.98 Å². The first kappa shape index (κ1) is 29.4. The molecule has 8 aromatic rings. The van der Waals surface area contributed by atoms with E-state index in [-0.39, 0.29) is 0 Å². The van der Waals surface area contributed by atoms with Gasteiger partial charge >= 0.3 is 0 Å². The molecule has 0 amide bonds. The lowest BCUT2D eigenvalue weighted by atomic mass is 9.85. The van der Waals surface area contributed by atoms with Crippen LogP contribution in [0.2, 0.25) is 0 Å². The number of hydrogen-bond donors (Lipinski definition) is 0. The molecule has 1 aliphatic carbocycles. The fourth-order valence-electron chi connectivity index (χ4n) is 8.14. The molecule has 49 heavy (non-hydrogen) atoms. The third-order valence-electron chi connectivity index (χ3n) is 10.4. The largest absolute Gasteiger partial charge is 0.320 e. The number of aromatic nitrogens is 2. The lowest BCUT2D eigenvalue weighted by Gasteiger charge is -2.26. The molecule has 1 saturated carbocycles. The lowest BCUT2D eigenvalue weighted by molar-refractivity contribution is 0.362. The highest BCUT2D eigenvalue weighted by atomic mass is 15.1. The minimum atomic E-state index is 0.431. The van der Waals surface area contributed by atoms with Gasteiger partial charge in [0.1, 0.15) is 5.82 Å². The highest BCUT2D eigenvalue weighted by molar-refractivity contribution is 6.24. The Balaban J connectivity index is 1.29. The molecule has 0 spiro atoms. The number of nitrogens with zero attached hydrogens (tertiary/aromatic N) is 2. The molecule has 0 radical (unpaired) electrons. The molecule has 236 valence electrons. The molecule has 2 heteroatoms. The van der Waals surface area contributed by atoms with Gasteiger partial charge in [-0.1, -0.05) is 183 Å². The van der Waals surface area contributed by atoms with Crippen molar-refractivity contribution in [1.82, 2.24) is 9.55 Å². The van der Waals surface area contributed by atoms with E-state index >= 15 is 0 Å². The van der Waals surface area contributed by atoms with Crippen molar-refractivity contribution < 1.29 is 0 Å². The van der Waals surface area contributed by atoms with Gasteiger partial charge in [-0.3, -0.25) is 0 Å². The molecule has 2 nitrogen and oxygen atoms in total. The molecule has 1 heterocycles. The summed E-state index contributed by atoms with van der Waals surface area (Å²) in [6, 6.07) is 59.8. The first-order chi connectivity index (χ1) is 24.3. The SMILES string of the molecule is c1ccc(C(=C(c2ccccc2)c2ccc(-c3nc4c5ccccc5c5ccccc5c4n3C3CCCCC3)cc2)c2ccccc2)cc1. The zero-order valence-corrected chi connectivity index (χ0v) is 27.6. The summed E-state index contributed by atoms with van der Waals surface area (Å²) in [5.41, 5.74) is 10.8. The third-order valence-corrected chi connectivity index (χ3v) is 10.4. The van der Waals surface area contributed by atoms with Crippen LogP contribution in [0.25, 0.3) is 55.1 Å². The fraction of sp³-hybridized carbons (Fsp3) is 0.128. The molecule has 1 aromatic heterocycles. The first-order valence-corrected chi connectivity index (χ1v) is 17.7. The molecular weight excluding hydrogens is 593 g/mol. The van der Waals surface area contributed by atoms with Gasteiger partial charge in [0.2, 0.25) is 0 Å². The monoisotopic (exact) mass is 630 g/mol. The summed E-state index contributed by atoms with van der Waals surface area (Å²) in [5.74, 6) is 1.08. The molecule has 0 unspecified atom stereocenters. The van der Waals surface area contributed by atoms with Gasteiger partial charge < -0.3 is 4.57 Å². The van der Waals surface area contributed by atoms with Crippen LogP contribution in [0.15, 0.2) is 164 Å². The number of benzene rings is 7. The van der Waals surface area contributed by atoms with Crippen LogP contribution in [0, 0.1) is 0 Å². The average Bonchev–Trinajstić information content (AvgIpc) is 3.60. The van der Waals surface area contributed by atoms with Crippen LogP contribution < -0.4 is 0 Å². The average molecular weight is 631 g/mol. The molecule has 0 atom stereocenters. The van der Waals surface area contributed by atoms with Crippen molar-refractivity contribution in [2.75, 3.05) is 0 Å². The number of hydrogen-bond acceptors (Lipinski definition) is 1.